The topological polar surface area (TPSA) is 33.2 Å². The molecule has 100 valence electrons. The predicted octanol–water partition coefficient (Wildman–Crippen LogP) is 3.14. The van der Waals surface area contributed by atoms with E-state index in [1.165, 1.54) is 12.6 Å². The average molecular weight is 277 g/mol. The molecular formula is C15H17ClN2O. The van der Waals surface area contributed by atoms with Crippen molar-refractivity contribution in [2.75, 3.05) is 6.54 Å². The number of carbonyl (C=O) groups is 1. The molecular weight excluding hydrogens is 260 g/mol. The summed E-state index contributed by atoms with van der Waals surface area (Å²) in [5.74, 6) is 2.54. The fraction of sp³-hybridized carbons (Fsp3) is 0.467. The van der Waals surface area contributed by atoms with E-state index in [1.807, 2.05) is 0 Å². The number of aromatic nitrogens is 1. The van der Waals surface area contributed by atoms with Crippen LogP contribution >= 0.6 is 11.6 Å². The number of amides is 1. The molecule has 1 amide bonds. The van der Waals surface area contributed by atoms with Crippen LogP contribution in [-0.2, 0) is 0 Å². The Balaban J connectivity index is 2.16. The molecule has 1 saturated carbocycles. The third kappa shape index (κ3) is 3.48. The summed E-state index contributed by atoms with van der Waals surface area (Å²) >= 11 is 5.74. The first-order chi connectivity index (χ1) is 9.22. The molecule has 0 bridgehead atoms. The van der Waals surface area contributed by atoms with Gasteiger partial charge < -0.3 is 4.90 Å². The number of hydrogen-bond acceptors (Lipinski definition) is 2. The fourth-order valence-corrected chi connectivity index (χ4v) is 2.64. The van der Waals surface area contributed by atoms with E-state index >= 15 is 0 Å². The quantitative estimate of drug-likeness (QED) is 0.628. The summed E-state index contributed by atoms with van der Waals surface area (Å²) in [5.41, 5.74) is 0.547. The Bertz CT molecular complexity index is 472. The van der Waals surface area contributed by atoms with Crippen molar-refractivity contribution in [3.63, 3.8) is 0 Å². The van der Waals surface area contributed by atoms with Gasteiger partial charge in [-0.25, -0.2) is 4.98 Å². The molecule has 4 heteroatoms. The lowest BCUT2D eigenvalue weighted by Crippen LogP contribution is -2.41. The maximum atomic E-state index is 12.5. The number of nitrogens with zero attached hydrogens (tertiary/aromatic N) is 2. The number of carbonyl (C=O) groups excluding carboxylic acids is 1. The Hall–Kier alpha value is -1.53. The molecule has 1 heterocycles. The van der Waals surface area contributed by atoms with Crippen LogP contribution in [0.15, 0.2) is 18.3 Å². The molecule has 1 fully saturated rings. The summed E-state index contributed by atoms with van der Waals surface area (Å²) in [7, 11) is 0. The minimum atomic E-state index is -0.0472. The van der Waals surface area contributed by atoms with Gasteiger partial charge in [-0.1, -0.05) is 36.8 Å². The number of terminal acetylenes is 1. The second kappa shape index (κ2) is 6.58. The number of halogens is 1. The predicted molar refractivity (Wildman–Crippen MR) is 76.0 cm³/mol. The van der Waals surface area contributed by atoms with Gasteiger partial charge in [0.05, 0.1) is 12.1 Å². The van der Waals surface area contributed by atoms with Gasteiger partial charge in [0.15, 0.2) is 0 Å². The molecule has 1 aromatic heterocycles. The van der Waals surface area contributed by atoms with Crippen molar-refractivity contribution >= 4 is 17.5 Å². The Kier molecular flexibility index (Phi) is 4.81. The number of hydrogen-bond donors (Lipinski definition) is 0. The van der Waals surface area contributed by atoms with Crippen LogP contribution in [0.5, 0.6) is 0 Å². The lowest BCUT2D eigenvalue weighted by molar-refractivity contribution is 0.0667. The minimum Gasteiger partial charge on any atom is -0.324 e. The molecule has 3 nitrogen and oxygen atoms in total. The van der Waals surface area contributed by atoms with Crippen LogP contribution in [-0.4, -0.2) is 28.4 Å². The van der Waals surface area contributed by atoms with Crippen molar-refractivity contribution in [2.24, 2.45) is 0 Å². The van der Waals surface area contributed by atoms with Crippen molar-refractivity contribution < 1.29 is 4.79 Å². The second-order valence-electron chi connectivity index (χ2n) is 4.80. The summed E-state index contributed by atoms with van der Waals surface area (Å²) < 4.78 is 0. The van der Waals surface area contributed by atoms with Crippen molar-refractivity contribution in [1.82, 2.24) is 9.88 Å². The smallest absolute Gasteiger partial charge is 0.256 e. The standard InChI is InChI=1S/C15H17ClN2O/c1-2-10-18(13-6-4-3-5-7-13)15(19)12-8-9-14(16)17-11-12/h1,8-9,11,13H,3-7,10H2. The highest BCUT2D eigenvalue weighted by Gasteiger charge is 2.25. The Morgan fingerprint density at radius 1 is 1.42 bits per heavy atom. The van der Waals surface area contributed by atoms with Crippen LogP contribution in [0, 0.1) is 12.3 Å². The van der Waals surface area contributed by atoms with Crippen LogP contribution in [0.4, 0.5) is 0 Å². The summed E-state index contributed by atoms with van der Waals surface area (Å²) in [6.07, 6.45) is 12.6. The van der Waals surface area contributed by atoms with Crippen LogP contribution in [0.2, 0.25) is 5.15 Å². The zero-order chi connectivity index (χ0) is 13.7. The van der Waals surface area contributed by atoms with Gasteiger partial charge in [0.25, 0.3) is 5.91 Å². The molecule has 0 aromatic carbocycles. The second-order valence-corrected chi connectivity index (χ2v) is 5.19. The third-order valence-electron chi connectivity index (χ3n) is 3.51. The molecule has 1 aromatic rings. The van der Waals surface area contributed by atoms with Gasteiger partial charge >= 0.3 is 0 Å². The SMILES string of the molecule is C#CCN(C(=O)c1ccc(Cl)nc1)C1CCCCC1. The Morgan fingerprint density at radius 2 is 2.16 bits per heavy atom. The zero-order valence-corrected chi connectivity index (χ0v) is 11.6. The van der Waals surface area contributed by atoms with E-state index in [2.05, 4.69) is 10.9 Å². The average Bonchev–Trinajstić information content (AvgIpc) is 2.46. The van der Waals surface area contributed by atoms with Gasteiger partial charge in [-0.2, -0.15) is 0 Å². The van der Waals surface area contributed by atoms with Crippen LogP contribution in [0.1, 0.15) is 42.5 Å². The molecule has 0 radical (unpaired) electrons. The molecule has 19 heavy (non-hydrogen) atoms. The molecule has 1 aliphatic rings. The summed E-state index contributed by atoms with van der Waals surface area (Å²) in [4.78, 5) is 18.2. The van der Waals surface area contributed by atoms with Gasteiger partial charge in [0.2, 0.25) is 0 Å². The molecule has 2 rings (SSSR count). The van der Waals surface area contributed by atoms with Gasteiger partial charge in [0, 0.05) is 12.2 Å². The lowest BCUT2D eigenvalue weighted by Gasteiger charge is -2.33. The van der Waals surface area contributed by atoms with Crippen LogP contribution in [0.3, 0.4) is 0 Å². The van der Waals surface area contributed by atoms with Gasteiger partial charge in [-0.15, -0.1) is 6.42 Å². The van der Waals surface area contributed by atoms with Crippen molar-refractivity contribution in [2.45, 2.75) is 38.1 Å². The van der Waals surface area contributed by atoms with E-state index in [4.69, 9.17) is 18.0 Å². The lowest BCUT2D eigenvalue weighted by atomic mass is 9.94. The van der Waals surface area contributed by atoms with Gasteiger partial charge in [0.1, 0.15) is 5.15 Å². The maximum Gasteiger partial charge on any atom is 0.256 e. The summed E-state index contributed by atoms with van der Waals surface area (Å²) in [5, 5.41) is 0.387. The molecule has 0 saturated heterocycles. The molecule has 0 unspecified atom stereocenters. The van der Waals surface area contributed by atoms with Crippen LogP contribution in [0.25, 0.3) is 0 Å². The van der Waals surface area contributed by atoms with E-state index in [-0.39, 0.29) is 11.9 Å². The maximum absolute atomic E-state index is 12.5. The first kappa shape index (κ1) is 13.9. The van der Waals surface area contributed by atoms with E-state index in [1.54, 1.807) is 17.0 Å². The van der Waals surface area contributed by atoms with Crippen LogP contribution < -0.4 is 0 Å². The van der Waals surface area contributed by atoms with E-state index < -0.39 is 0 Å². The van der Waals surface area contributed by atoms with Crippen molar-refractivity contribution in [3.05, 3.63) is 29.0 Å². The first-order valence-corrected chi connectivity index (χ1v) is 6.96. The number of rotatable bonds is 3. The highest BCUT2D eigenvalue weighted by molar-refractivity contribution is 6.29. The molecule has 0 atom stereocenters. The largest absolute Gasteiger partial charge is 0.324 e. The third-order valence-corrected chi connectivity index (χ3v) is 3.74. The Morgan fingerprint density at radius 3 is 2.74 bits per heavy atom. The minimum absolute atomic E-state index is 0.0472. The molecule has 0 aliphatic heterocycles. The summed E-state index contributed by atoms with van der Waals surface area (Å²) in [6, 6.07) is 3.58. The van der Waals surface area contributed by atoms with Crippen molar-refractivity contribution in [1.29, 1.82) is 0 Å². The highest BCUT2D eigenvalue weighted by atomic mass is 35.5. The highest BCUT2D eigenvalue weighted by Crippen LogP contribution is 2.23. The normalized spacial score (nSPS) is 15.8. The fourth-order valence-electron chi connectivity index (χ4n) is 2.53. The molecule has 1 aliphatic carbocycles. The van der Waals surface area contributed by atoms with Crippen molar-refractivity contribution in [3.8, 4) is 12.3 Å². The van der Waals surface area contributed by atoms with E-state index in [0.29, 0.717) is 17.3 Å². The molecule has 0 N–H and O–H groups in total. The van der Waals surface area contributed by atoms with Gasteiger partial charge in [-0.3, -0.25) is 4.79 Å². The zero-order valence-electron chi connectivity index (χ0n) is 10.8. The number of pyridine rings is 1. The monoisotopic (exact) mass is 276 g/mol. The molecule has 0 spiro atoms. The van der Waals surface area contributed by atoms with E-state index in [9.17, 15) is 4.79 Å². The summed E-state index contributed by atoms with van der Waals surface area (Å²) in [6.45, 7) is 0.353. The van der Waals surface area contributed by atoms with E-state index in [0.717, 1.165) is 25.7 Å². The first-order valence-electron chi connectivity index (χ1n) is 6.58. The van der Waals surface area contributed by atoms with Gasteiger partial charge in [-0.05, 0) is 25.0 Å². The Labute approximate surface area is 119 Å².